The van der Waals surface area contributed by atoms with Gasteiger partial charge in [-0.05, 0) is 19.1 Å². The van der Waals surface area contributed by atoms with Gasteiger partial charge in [-0.25, -0.2) is 0 Å². The highest BCUT2D eigenvalue weighted by atomic mass is 35.5. The number of halogens is 1. The van der Waals surface area contributed by atoms with Crippen molar-refractivity contribution in [2.24, 2.45) is 0 Å². The number of carbonyl (C=O) groups is 2. The number of hydrogen-bond acceptors (Lipinski definition) is 4. The molecule has 0 aromatic heterocycles. The lowest BCUT2D eigenvalue weighted by atomic mass is 10.1. The van der Waals surface area contributed by atoms with Crippen LogP contribution >= 0.6 is 12.4 Å². The Kier molecular flexibility index (Phi) is 5.39. The zero-order valence-corrected chi connectivity index (χ0v) is 13.4. The molecule has 3 rings (SSSR count). The molecule has 0 bridgehead atoms. The maximum absolute atomic E-state index is 12.6. The quantitative estimate of drug-likeness (QED) is 0.840. The average Bonchev–Trinajstić information content (AvgIpc) is 2.48. The van der Waals surface area contributed by atoms with Crippen LogP contribution in [-0.2, 0) is 9.59 Å². The minimum Gasteiger partial charge on any atom is -0.323 e. The summed E-state index contributed by atoms with van der Waals surface area (Å²) in [7, 11) is 0. The van der Waals surface area contributed by atoms with Crippen LogP contribution in [0, 0.1) is 0 Å². The van der Waals surface area contributed by atoms with Crippen molar-refractivity contribution in [3.63, 3.8) is 0 Å². The van der Waals surface area contributed by atoms with Gasteiger partial charge < -0.3 is 10.6 Å². The van der Waals surface area contributed by atoms with Gasteiger partial charge in [0.15, 0.2) is 0 Å². The van der Waals surface area contributed by atoms with E-state index in [0.717, 1.165) is 25.3 Å². The third-order valence-corrected chi connectivity index (χ3v) is 4.05. The van der Waals surface area contributed by atoms with Crippen LogP contribution < -0.4 is 15.5 Å². The Balaban J connectivity index is 0.00000176. The molecular formula is C15H21ClN4O2. The Morgan fingerprint density at radius 3 is 2.91 bits per heavy atom. The van der Waals surface area contributed by atoms with Crippen molar-refractivity contribution >= 4 is 35.6 Å². The Bertz CT molecular complexity index is 566. The van der Waals surface area contributed by atoms with E-state index in [1.807, 2.05) is 24.3 Å². The van der Waals surface area contributed by atoms with Gasteiger partial charge in [0.05, 0.1) is 17.9 Å². The van der Waals surface area contributed by atoms with E-state index in [-0.39, 0.29) is 30.8 Å². The monoisotopic (exact) mass is 324 g/mol. The zero-order valence-electron chi connectivity index (χ0n) is 12.5. The molecule has 2 aliphatic heterocycles. The maximum atomic E-state index is 12.6. The third-order valence-electron chi connectivity index (χ3n) is 4.05. The summed E-state index contributed by atoms with van der Waals surface area (Å²) >= 11 is 0. The smallest absolute Gasteiger partial charge is 0.244 e. The Morgan fingerprint density at radius 2 is 2.14 bits per heavy atom. The Labute approximate surface area is 136 Å². The molecule has 2 N–H and O–H groups in total. The number of piperazine rings is 1. The van der Waals surface area contributed by atoms with Gasteiger partial charge in [0, 0.05) is 25.7 Å². The molecule has 0 aliphatic carbocycles. The molecule has 2 amide bonds. The maximum Gasteiger partial charge on any atom is 0.244 e. The number of amides is 2. The normalized spacial score (nSPS) is 21.6. The summed E-state index contributed by atoms with van der Waals surface area (Å²) < 4.78 is 0. The first-order valence-corrected chi connectivity index (χ1v) is 7.29. The van der Waals surface area contributed by atoms with Crippen molar-refractivity contribution in [3.05, 3.63) is 24.3 Å². The number of benzene rings is 1. The van der Waals surface area contributed by atoms with Crippen molar-refractivity contribution in [1.29, 1.82) is 0 Å². The van der Waals surface area contributed by atoms with Crippen molar-refractivity contribution in [1.82, 2.24) is 10.2 Å². The number of fused-ring (bicyclic) bond motifs is 1. The molecule has 1 aromatic rings. The van der Waals surface area contributed by atoms with E-state index in [4.69, 9.17) is 0 Å². The van der Waals surface area contributed by atoms with E-state index >= 15 is 0 Å². The Hall–Kier alpha value is -1.63. The van der Waals surface area contributed by atoms with E-state index < -0.39 is 0 Å². The summed E-state index contributed by atoms with van der Waals surface area (Å²) in [5.74, 6) is -0.165. The van der Waals surface area contributed by atoms with Crippen LogP contribution in [0.25, 0.3) is 0 Å². The van der Waals surface area contributed by atoms with Crippen LogP contribution in [-0.4, -0.2) is 55.5 Å². The summed E-state index contributed by atoms with van der Waals surface area (Å²) in [5.41, 5.74) is 1.49. The van der Waals surface area contributed by atoms with Crippen molar-refractivity contribution < 1.29 is 9.59 Å². The molecule has 1 atom stereocenters. The summed E-state index contributed by atoms with van der Waals surface area (Å²) in [4.78, 5) is 28.1. The minimum atomic E-state index is -0.143. The van der Waals surface area contributed by atoms with Gasteiger partial charge in [0.25, 0.3) is 0 Å². The van der Waals surface area contributed by atoms with Crippen LogP contribution in [0.3, 0.4) is 0 Å². The van der Waals surface area contributed by atoms with Gasteiger partial charge in [0.1, 0.15) is 6.54 Å². The first-order valence-electron chi connectivity index (χ1n) is 7.29. The van der Waals surface area contributed by atoms with Gasteiger partial charge in [-0.15, -0.1) is 12.4 Å². The van der Waals surface area contributed by atoms with Crippen molar-refractivity contribution in [3.8, 4) is 0 Å². The number of carbonyl (C=O) groups excluding carboxylic acids is 2. The van der Waals surface area contributed by atoms with Gasteiger partial charge >= 0.3 is 0 Å². The molecule has 0 spiro atoms. The lowest BCUT2D eigenvalue weighted by Gasteiger charge is -2.36. The average molecular weight is 325 g/mol. The van der Waals surface area contributed by atoms with Crippen LogP contribution in [0.5, 0.6) is 0 Å². The van der Waals surface area contributed by atoms with Gasteiger partial charge in [-0.3, -0.25) is 19.4 Å². The molecule has 0 radical (unpaired) electrons. The number of rotatable bonds is 2. The molecule has 0 saturated carbocycles. The fourth-order valence-corrected chi connectivity index (χ4v) is 2.83. The highest BCUT2D eigenvalue weighted by Gasteiger charge is 2.29. The lowest BCUT2D eigenvalue weighted by molar-refractivity contribution is -0.123. The summed E-state index contributed by atoms with van der Waals surface area (Å²) in [6.07, 6.45) is 0. The summed E-state index contributed by atoms with van der Waals surface area (Å²) in [6, 6.07) is 7.75. The number of nitrogens with zero attached hydrogens (tertiary/aromatic N) is 2. The second-order valence-corrected chi connectivity index (χ2v) is 5.57. The van der Waals surface area contributed by atoms with E-state index in [0.29, 0.717) is 18.3 Å². The first kappa shape index (κ1) is 16.7. The minimum absolute atomic E-state index is 0. The number of nitrogens with one attached hydrogen (secondary N) is 2. The van der Waals surface area contributed by atoms with Gasteiger partial charge in [-0.1, -0.05) is 12.1 Å². The molecule has 120 valence electrons. The largest absolute Gasteiger partial charge is 0.323 e. The van der Waals surface area contributed by atoms with E-state index in [1.54, 1.807) is 4.90 Å². The Morgan fingerprint density at radius 1 is 1.36 bits per heavy atom. The highest BCUT2D eigenvalue weighted by Crippen LogP contribution is 2.29. The second-order valence-electron chi connectivity index (χ2n) is 5.57. The molecule has 1 fully saturated rings. The third kappa shape index (κ3) is 3.40. The number of anilines is 2. The molecule has 2 aliphatic rings. The van der Waals surface area contributed by atoms with Crippen molar-refractivity contribution in [2.75, 3.05) is 42.9 Å². The molecule has 1 saturated heterocycles. The van der Waals surface area contributed by atoms with E-state index in [2.05, 4.69) is 22.5 Å². The fraction of sp³-hybridized carbons (Fsp3) is 0.467. The van der Waals surface area contributed by atoms with E-state index in [1.165, 1.54) is 0 Å². The van der Waals surface area contributed by atoms with Crippen LogP contribution in [0.15, 0.2) is 24.3 Å². The molecular weight excluding hydrogens is 304 g/mol. The number of hydrogen-bond donors (Lipinski definition) is 2. The first-order chi connectivity index (χ1) is 10.1. The zero-order chi connectivity index (χ0) is 14.8. The highest BCUT2D eigenvalue weighted by molar-refractivity contribution is 6.10. The molecule has 22 heavy (non-hydrogen) atoms. The second kappa shape index (κ2) is 7.09. The molecule has 6 nitrogen and oxygen atoms in total. The van der Waals surface area contributed by atoms with Crippen LogP contribution in [0.1, 0.15) is 6.92 Å². The fourth-order valence-electron chi connectivity index (χ4n) is 2.83. The SMILES string of the molecule is C[C@@H]1CNCCN1CC(=O)N1CC(=O)Nc2ccccc21.Cl. The van der Waals surface area contributed by atoms with E-state index in [9.17, 15) is 9.59 Å². The standard InChI is InChI=1S/C15H20N4O2.ClH/c1-11-8-16-6-7-18(11)10-15(21)19-9-14(20)17-12-4-2-3-5-13(12)19;/h2-5,11,16H,6-10H2,1H3,(H,17,20);1H/t11-;/m1./s1. The molecule has 2 heterocycles. The predicted octanol–water partition coefficient (Wildman–Crippen LogP) is 0.687. The van der Waals surface area contributed by atoms with Crippen LogP contribution in [0.2, 0.25) is 0 Å². The lowest BCUT2D eigenvalue weighted by Crippen LogP contribution is -2.54. The van der Waals surface area contributed by atoms with Crippen molar-refractivity contribution in [2.45, 2.75) is 13.0 Å². The predicted molar refractivity (Wildman–Crippen MR) is 88.6 cm³/mol. The molecule has 1 aromatic carbocycles. The summed E-state index contributed by atoms with van der Waals surface area (Å²) in [6.45, 7) is 5.20. The van der Waals surface area contributed by atoms with Crippen LogP contribution in [0.4, 0.5) is 11.4 Å². The summed E-state index contributed by atoms with van der Waals surface area (Å²) in [5, 5.41) is 6.11. The van der Waals surface area contributed by atoms with Gasteiger partial charge in [0.2, 0.25) is 11.8 Å². The number of para-hydroxylation sites is 2. The van der Waals surface area contributed by atoms with Gasteiger partial charge in [-0.2, -0.15) is 0 Å². The molecule has 7 heteroatoms. The topological polar surface area (TPSA) is 64.7 Å². The molecule has 0 unspecified atom stereocenters.